The molecule has 0 saturated carbocycles. The van der Waals surface area contributed by atoms with Crippen molar-refractivity contribution in [3.63, 3.8) is 0 Å². The molecular formula is C13H16O7U. The van der Waals surface area contributed by atoms with Gasteiger partial charge in [0.15, 0.2) is 5.79 Å². The number of esters is 2. The summed E-state index contributed by atoms with van der Waals surface area (Å²) in [6.45, 7) is 6.35. The average Bonchev–Trinajstić information content (AvgIpc) is 2.83. The fourth-order valence-corrected chi connectivity index (χ4v) is 1.63. The van der Waals surface area contributed by atoms with Crippen molar-refractivity contribution in [2.45, 2.75) is 45.7 Å². The van der Waals surface area contributed by atoms with Gasteiger partial charge < -0.3 is 28.5 Å². The number of carbonyl (C=O) groups is 2. The van der Waals surface area contributed by atoms with Gasteiger partial charge in [0.2, 0.25) is 5.97 Å². The van der Waals surface area contributed by atoms with Crippen molar-refractivity contribution < 1.29 is 64.4 Å². The Hall–Kier alpha value is -0.678. The van der Waals surface area contributed by atoms with Crippen molar-refractivity contribution in [3.05, 3.63) is 11.8 Å². The van der Waals surface area contributed by atoms with Gasteiger partial charge >= 0.3 is 37.1 Å². The second-order valence-corrected chi connectivity index (χ2v) is 4.46. The smallest absolute Gasteiger partial charge is 0.553 e. The summed E-state index contributed by atoms with van der Waals surface area (Å²) in [5.74, 6) is -2.22. The molecule has 114 valence electrons. The normalized spacial score (nSPS) is 25.7. The standard InChI is InChI=1S/C11H13O6.C2H3O.U/c1-6(12)15-8-4-7(16-10(8)13)9-5-14-11(2,3)17-9;1-2-3;/h7,9H,5H2,1-3H3;1H3;/q2*-1;+2. The Morgan fingerprint density at radius 1 is 1.48 bits per heavy atom. The molecule has 0 aliphatic carbocycles. The van der Waals surface area contributed by atoms with Crippen molar-refractivity contribution in [3.8, 4) is 0 Å². The van der Waals surface area contributed by atoms with Gasteiger partial charge in [-0.15, -0.1) is 0 Å². The molecule has 2 rings (SSSR count). The molecule has 8 heteroatoms. The zero-order valence-corrected chi connectivity index (χ0v) is 16.4. The molecular weight excluding hydrogens is 506 g/mol. The molecule has 0 aromatic rings. The molecule has 2 aliphatic rings. The third kappa shape index (κ3) is 6.31. The van der Waals surface area contributed by atoms with E-state index in [2.05, 4.69) is 10.8 Å². The topological polar surface area (TPSA) is 88.1 Å². The first-order valence-corrected chi connectivity index (χ1v) is 5.92. The van der Waals surface area contributed by atoms with Crippen LogP contribution in [0.1, 0.15) is 27.7 Å². The number of ether oxygens (including phenoxy) is 4. The zero-order chi connectivity index (χ0) is 15.3. The molecule has 2 atom stereocenters. The maximum Gasteiger partial charge on any atom is 2.00 e. The Kier molecular flexibility index (Phi) is 8.41. The molecule has 0 spiro atoms. The SMILES string of the molecule is CC(=O)OC1=[C-]C(C2COC(C)(C)O2)OC1=O.C[C-]=O.[U+2]. The molecule has 0 amide bonds. The number of hydrogen-bond acceptors (Lipinski definition) is 7. The zero-order valence-electron chi connectivity index (χ0n) is 12.2. The minimum Gasteiger partial charge on any atom is -0.553 e. The van der Waals surface area contributed by atoms with Gasteiger partial charge in [0.25, 0.3) is 0 Å². The summed E-state index contributed by atoms with van der Waals surface area (Å²) < 4.78 is 20.5. The fraction of sp³-hybridized carbons (Fsp3) is 0.615. The van der Waals surface area contributed by atoms with Crippen LogP contribution in [-0.4, -0.2) is 42.8 Å². The van der Waals surface area contributed by atoms with Crippen LogP contribution < -0.4 is 0 Å². The molecule has 0 N–H and O–H groups in total. The average molecular weight is 522 g/mol. The molecule has 0 aromatic carbocycles. The van der Waals surface area contributed by atoms with Gasteiger partial charge in [-0.3, -0.25) is 11.1 Å². The molecule has 7 nitrogen and oxygen atoms in total. The predicted molar refractivity (Wildman–Crippen MR) is 64.7 cm³/mol. The van der Waals surface area contributed by atoms with Gasteiger partial charge in [0.05, 0.1) is 12.7 Å². The quantitative estimate of drug-likeness (QED) is 0.384. The van der Waals surface area contributed by atoms with E-state index in [1.54, 1.807) is 13.8 Å². The minimum atomic E-state index is -0.710. The Balaban J connectivity index is 0.000000922. The maximum absolute atomic E-state index is 11.3. The van der Waals surface area contributed by atoms with E-state index >= 15 is 0 Å². The monoisotopic (exact) mass is 522 g/mol. The van der Waals surface area contributed by atoms with Gasteiger partial charge in [-0.1, -0.05) is 0 Å². The van der Waals surface area contributed by atoms with Crippen LogP contribution in [0.15, 0.2) is 5.76 Å². The first-order valence-electron chi connectivity index (χ1n) is 5.92. The number of cyclic esters (lactones) is 1. The molecule has 1 fully saturated rings. The molecule has 0 bridgehead atoms. The Labute approximate surface area is 146 Å². The van der Waals surface area contributed by atoms with E-state index in [0.717, 1.165) is 0 Å². The van der Waals surface area contributed by atoms with Crippen molar-refractivity contribution >= 4 is 18.2 Å². The van der Waals surface area contributed by atoms with Gasteiger partial charge in [-0.05, 0) is 13.8 Å². The molecule has 1 saturated heterocycles. The van der Waals surface area contributed by atoms with Crippen LogP contribution in [-0.2, 0) is 33.3 Å². The Bertz CT molecular complexity index is 430. The summed E-state index contributed by atoms with van der Waals surface area (Å²) >= 11 is 0. The number of carbonyl (C=O) groups excluding carboxylic acids is 3. The minimum absolute atomic E-state index is 0. The van der Waals surface area contributed by atoms with Gasteiger partial charge in [0, 0.05) is 12.7 Å². The van der Waals surface area contributed by atoms with Crippen LogP contribution in [0.2, 0.25) is 0 Å². The fourth-order valence-electron chi connectivity index (χ4n) is 1.63. The van der Waals surface area contributed by atoms with Crippen LogP contribution in [0.5, 0.6) is 0 Å². The first-order chi connectivity index (χ1) is 9.29. The summed E-state index contributed by atoms with van der Waals surface area (Å²) in [5.41, 5.74) is 0. The second kappa shape index (κ2) is 8.69. The summed E-state index contributed by atoms with van der Waals surface area (Å²) in [5, 5.41) is 0. The van der Waals surface area contributed by atoms with E-state index in [0.29, 0.717) is 6.61 Å². The van der Waals surface area contributed by atoms with Crippen molar-refractivity contribution in [2.75, 3.05) is 6.61 Å². The third-order valence-electron chi connectivity index (χ3n) is 2.31. The predicted octanol–water partition coefficient (Wildman–Crippen LogP) is 0.429. The summed E-state index contributed by atoms with van der Waals surface area (Å²) in [6.07, 6.45) is 3.02. The van der Waals surface area contributed by atoms with E-state index in [1.165, 1.54) is 20.1 Å². The maximum atomic E-state index is 11.3. The van der Waals surface area contributed by atoms with Crippen LogP contribution in [0.3, 0.4) is 0 Å². The van der Waals surface area contributed by atoms with Crippen LogP contribution in [0.25, 0.3) is 0 Å². The van der Waals surface area contributed by atoms with E-state index < -0.39 is 29.9 Å². The largest absolute Gasteiger partial charge is 2.00 e. The number of rotatable bonds is 2. The Morgan fingerprint density at radius 2 is 2.05 bits per heavy atom. The van der Waals surface area contributed by atoms with E-state index in [9.17, 15) is 9.59 Å². The first kappa shape index (κ1) is 20.3. The Morgan fingerprint density at radius 3 is 2.48 bits per heavy atom. The molecule has 0 aromatic heterocycles. The summed E-state index contributed by atoms with van der Waals surface area (Å²) in [7, 11) is 0. The molecule has 2 heterocycles. The van der Waals surface area contributed by atoms with Crippen LogP contribution >= 0.6 is 0 Å². The van der Waals surface area contributed by atoms with Crippen molar-refractivity contribution in [2.24, 2.45) is 0 Å². The van der Waals surface area contributed by atoms with E-state index in [1.807, 2.05) is 0 Å². The van der Waals surface area contributed by atoms with Gasteiger partial charge in [-0.25, -0.2) is 0 Å². The van der Waals surface area contributed by atoms with Gasteiger partial charge in [0.1, 0.15) is 6.10 Å². The van der Waals surface area contributed by atoms with E-state index in [-0.39, 0.29) is 36.9 Å². The van der Waals surface area contributed by atoms with Crippen molar-refractivity contribution in [1.29, 1.82) is 0 Å². The van der Waals surface area contributed by atoms with Crippen molar-refractivity contribution in [1.82, 2.24) is 0 Å². The third-order valence-corrected chi connectivity index (χ3v) is 2.31. The molecule has 0 radical (unpaired) electrons. The van der Waals surface area contributed by atoms with Crippen LogP contribution in [0.4, 0.5) is 0 Å². The molecule has 2 unspecified atom stereocenters. The van der Waals surface area contributed by atoms with Crippen LogP contribution in [0, 0.1) is 37.2 Å². The second-order valence-electron chi connectivity index (χ2n) is 4.46. The molecule has 2 aliphatic heterocycles. The molecule has 21 heavy (non-hydrogen) atoms. The summed E-state index contributed by atoms with van der Waals surface area (Å²) in [6, 6.07) is 0. The number of hydrogen-bond donors (Lipinski definition) is 0. The summed E-state index contributed by atoms with van der Waals surface area (Å²) in [4.78, 5) is 30.8. The van der Waals surface area contributed by atoms with E-state index in [4.69, 9.17) is 19.0 Å². The van der Waals surface area contributed by atoms with Gasteiger partial charge in [-0.2, -0.15) is 13.0 Å².